The molecule has 21 heavy (non-hydrogen) atoms. The molecule has 0 spiro atoms. The van der Waals surface area contributed by atoms with Crippen LogP contribution in [0, 0.1) is 12.7 Å². The van der Waals surface area contributed by atoms with Crippen molar-refractivity contribution in [1.29, 1.82) is 0 Å². The first kappa shape index (κ1) is 16.5. The van der Waals surface area contributed by atoms with Gasteiger partial charge in [0.1, 0.15) is 5.82 Å². The number of rotatable bonds is 5. The number of hydrogen-bond donors (Lipinski definition) is 1. The van der Waals surface area contributed by atoms with E-state index >= 15 is 0 Å². The molecule has 0 aliphatic carbocycles. The first-order valence-corrected chi connectivity index (χ1v) is 8.11. The number of halogens is 3. The zero-order valence-corrected chi connectivity index (χ0v) is 14.4. The Balaban J connectivity index is 2.30. The molecule has 0 aliphatic heterocycles. The van der Waals surface area contributed by atoms with Crippen LogP contribution < -0.4 is 5.32 Å². The van der Waals surface area contributed by atoms with Gasteiger partial charge >= 0.3 is 0 Å². The zero-order chi connectivity index (χ0) is 15.4. The van der Waals surface area contributed by atoms with E-state index in [4.69, 9.17) is 11.6 Å². The average Bonchev–Trinajstić information content (AvgIpc) is 2.41. The lowest BCUT2D eigenvalue weighted by Gasteiger charge is -2.21. The smallest absolute Gasteiger partial charge is 0.123 e. The molecular weight excluding hydrogens is 353 g/mol. The zero-order valence-electron chi connectivity index (χ0n) is 12.1. The van der Waals surface area contributed by atoms with Gasteiger partial charge in [-0.05, 0) is 60.8 Å². The summed E-state index contributed by atoms with van der Waals surface area (Å²) in [5.74, 6) is -0.201. The van der Waals surface area contributed by atoms with Crippen molar-refractivity contribution in [2.24, 2.45) is 0 Å². The first-order chi connectivity index (χ1) is 10.0. The van der Waals surface area contributed by atoms with E-state index in [1.165, 1.54) is 6.07 Å². The lowest BCUT2D eigenvalue weighted by molar-refractivity contribution is 0.544. The van der Waals surface area contributed by atoms with Crippen molar-refractivity contribution in [3.8, 4) is 0 Å². The Labute approximate surface area is 138 Å². The van der Waals surface area contributed by atoms with Gasteiger partial charge in [-0.15, -0.1) is 0 Å². The summed E-state index contributed by atoms with van der Waals surface area (Å²) in [6.45, 7) is 4.84. The Bertz CT molecular complexity index is 630. The highest BCUT2D eigenvalue weighted by atomic mass is 79.9. The third-order valence-corrected chi connectivity index (χ3v) is 4.34. The molecule has 2 rings (SSSR count). The fourth-order valence-electron chi connectivity index (χ4n) is 2.48. The molecule has 0 bridgehead atoms. The Morgan fingerprint density at radius 2 is 2.00 bits per heavy atom. The van der Waals surface area contributed by atoms with Crippen LogP contribution in [0.4, 0.5) is 4.39 Å². The Kier molecular flexibility index (Phi) is 5.80. The van der Waals surface area contributed by atoms with E-state index in [2.05, 4.69) is 28.2 Å². The highest BCUT2D eigenvalue weighted by Gasteiger charge is 2.15. The Morgan fingerprint density at radius 1 is 1.24 bits per heavy atom. The molecule has 0 aromatic heterocycles. The third kappa shape index (κ3) is 4.29. The van der Waals surface area contributed by atoms with Crippen LogP contribution >= 0.6 is 27.5 Å². The van der Waals surface area contributed by atoms with E-state index in [-0.39, 0.29) is 11.9 Å². The van der Waals surface area contributed by atoms with Crippen LogP contribution in [0.15, 0.2) is 40.9 Å². The highest BCUT2D eigenvalue weighted by Crippen LogP contribution is 2.28. The van der Waals surface area contributed by atoms with Crippen molar-refractivity contribution >= 4 is 27.5 Å². The molecule has 2 aromatic carbocycles. The maximum absolute atomic E-state index is 13.3. The van der Waals surface area contributed by atoms with Crippen LogP contribution in [0.3, 0.4) is 0 Å². The maximum atomic E-state index is 13.3. The lowest BCUT2D eigenvalue weighted by atomic mass is 9.95. The second-order valence-electron chi connectivity index (χ2n) is 5.05. The molecule has 112 valence electrons. The molecule has 4 heteroatoms. The summed E-state index contributed by atoms with van der Waals surface area (Å²) < 4.78 is 14.3. The van der Waals surface area contributed by atoms with E-state index in [1.54, 1.807) is 6.07 Å². The molecule has 0 aliphatic rings. The third-order valence-electron chi connectivity index (χ3n) is 3.50. The summed E-state index contributed by atoms with van der Waals surface area (Å²) in [4.78, 5) is 0. The van der Waals surface area contributed by atoms with Crippen molar-refractivity contribution in [3.05, 3.63) is 68.4 Å². The number of hydrogen-bond acceptors (Lipinski definition) is 1. The summed E-state index contributed by atoms with van der Waals surface area (Å²) in [6, 6.07) is 11.0. The minimum atomic E-state index is -0.201. The van der Waals surface area contributed by atoms with Gasteiger partial charge in [0.2, 0.25) is 0 Å². The minimum Gasteiger partial charge on any atom is -0.310 e. The molecule has 0 saturated heterocycles. The lowest BCUT2D eigenvalue weighted by Crippen LogP contribution is -2.24. The standard InChI is InChI=1S/C17H18BrClFN/c1-3-21-17(15-7-6-14(20)8-11(15)2)9-12-4-5-13(18)10-16(12)19/h4-8,10,17,21H,3,9H2,1-2H3. The van der Waals surface area contributed by atoms with Gasteiger partial charge in [-0.1, -0.05) is 46.6 Å². The highest BCUT2D eigenvalue weighted by molar-refractivity contribution is 9.10. The van der Waals surface area contributed by atoms with E-state index < -0.39 is 0 Å². The summed E-state index contributed by atoms with van der Waals surface area (Å²) in [5, 5.41) is 4.20. The molecule has 1 N–H and O–H groups in total. The van der Waals surface area contributed by atoms with Gasteiger partial charge < -0.3 is 5.32 Å². The number of likely N-dealkylation sites (N-methyl/N-ethyl adjacent to an activating group) is 1. The van der Waals surface area contributed by atoms with Crippen LogP contribution in [0.25, 0.3) is 0 Å². The fraction of sp³-hybridized carbons (Fsp3) is 0.294. The van der Waals surface area contributed by atoms with Gasteiger partial charge in [-0.2, -0.15) is 0 Å². The van der Waals surface area contributed by atoms with Gasteiger partial charge in [0.25, 0.3) is 0 Å². The SMILES string of the molecule is CCNC(Cc1ccc(Br)cc1Cl)c1ccc(F)cc1C. The first-order valence-electron chi connectivity index (χ1n) is 6.94. The van der Waals surface area contributed by atoms with Crippen LogP contribution in [-0.2, 0) is 6.42 Å². The van der Waals surface area contributed by atoms with Crippen molar-refractivity contribution in [3.63, 3.8) is 0 Å². The van der Waals surface area contributed by atoms with Crippen LogP contribution in [0.5, 0.6) is 0 Å². The molecular formula is C17H18BrClFN. The maximum Gasteiger partial charge on any atom is 0.123 e. The number of benzene rings is 2. The second-order valence-corrected chi connectivity index (χ2v) is 6.37. The van der Waals surface area contributed by atoms with Crippen molar-refractivity contribution in [1.82, 2.24) is 5.32 Å². The van der Waals surface area contributed by atoms with Gasteiger partial charge in [0.15, 0.2) is 0 Å². The molecule has 2 aromatic rings. The van der Waals surface area contributed by atoms with E-state index in [0.717, 1.165) is 39.2 Å². The van der Waals surface area contributed by atoms with Gasteiger partial charge in [-0.3, -0.25) is 0 Å². The van der Waals surface area contributed by atoms with Crippen molar-refractivity contribution in [2.45, 2.75) is 26.3 Å². The molecule has 0 radical (unpaired) electrons. The van der Waals surface area contributed by atoms with Crippen LogP contribution in [-0.4, -0.2) is 6.54 Å². The second kappa shape index (κ2) is 7.39. The molecule has 0 saturated carbocycles. The minimum absolute atomic E-state index is 0.120. The van der Waals surface area contributed by atoms with Crippen molar-refractivity contribution < 1.29 is 4.39 Å². The number of nitrogens with one attached hydrogen (secondary N) is 1. The summed E-state index contributed by atoms with van der Waals surface area (Å²) >= 11 is 9.72. The average molecular weight is 371 g/mol. The quantitative estimate of drug-likeness (QED) is 0.738. The van der Waals surface area contributed by atoms with Crippen molar-refractivity contribution in [2.75, 3.05) is 6.54 Å². The van der Waals surface area contributed by atoms with Crippen LogP contribution in [0.1, 0.15) is 29.7 Å². The summed E-state index contributed by atoms with van der Waals surface area (Å²) in [5.41, 5.74) is 3.14. The predicted molar refractivity (Wildman–Crippen MR) is 90.4 cm³/mol. The Hall–Kier alpha value is -0.900. The largest absolute Gasteiger partial charge is 0.310 e. The molecule has 0 amide bonds. The van der Waals surface area contributed by atoms with Crippen LogP contribution in [0.2, 0.25) is 5.02 Å². The molecule has 0 heterocycles. The topological polar surface area (TPSA) is 12.0 Å². The van der Waals surface area contributed by atoms with Gasteiger partial charge in [-0.25, -0.2) is 4.39 Å². The molecule has 1 atom stereocenters. The predicted octanol–water partition coefficient (Wildman–Crippen LogP) is 5.44. The van der Waals surface area contributed by atoms with E-state index in [0.29, 0.717) is 0 Å². The Morgan fingerprint density at radius 3 is 2.62 bits per heavy atom. The summed E-state index contributed by atoms with van der Waals surface area (Å²) in [7, 11) is 0. The molecule has 0 fully saturated rings. The van der Waals surface area contributed by atoms with Gasteiger partial charge in [0.05, 0.1) is 0 Å². The van der Waals surface area contributed by atoms with E-state index in [1.807, 2.05) is 31.2 Å². The monoisotopic (exact) mass is 369 g/mol. The summed E-state index contributed by atoms with van der Waals surface area (Å²) in [6.07, 6.45) is 0.770. The number of aryl methyl sites for hydroxylation is 1. The molecule has 1 nitrogen and oxygen atoms in total. The van der Waals surface area contributed by atoms with E-state index in [9.17, 15) is 4.39 Å². The molecule has 1 unspecified atom stereocenters. The fourth-order valence-corrected chi connectivity index (χ4v) is 3.23. The normalized spacial score (nSPS) is 12.4. The van der Waals surface area contributed by atoms with Gasteiger partial charge in [0, 0.05) is 15.5 Å².